The molecule has 1 aliphatic carbocycles. The van der Waals surface area contributed by atoms with E-state index in [4.69, 9.17) is 0 Å². The van der Waals surface area contributed by atoms with Crippen LogP contribution >= 0.6 is 0 Å². The summed E-state index contributed by atoms with van der Waals surface area (Å²) in [4.78, 5) is 11.9. The fourth-order valence-corrected chi connectivity index (χ4v) is 3.50. The van der Waals surface area contributed by atoms with E-state index >= 15 is 0 Å². The van der Waals surface area contributed by atoms with E-state index in [1.165, 1.54) is 7.05 Å². The molecular weight excluding hydrogens is 387 g/mol. The average Bonchev–Trinajstić information content (AvgIpc) is 3.20. The lowest BCUT2D eigenvalue weighted by molar-refractivity contribution is -0.137. The SMILES string of the molecule is CNc1nc(Nc2cnn([C@H]3C[C@H](n4ncnc4C)C3)c2C)ncc1C(F)(F)F. The first-order valence-corrected chi connectivity index (χ1v) is 9.07. The van der Waals surface area contributed by atoms with Gasteiger partial charge in [0.25, 0.3) is 0 Å². The second-order valence-corrected chi connectivity index (χ2v) is 6.95. The van der Waals surface area contributed by atoms with Gasteiger partial charge in [0.1, 0.15) is 23.5 Å². The largest absolute Gasteiger partial charge is 0.421 e. The Morgan fingerprint density at radius 3 is 2.38 bits per heavy atom. The second-order valence-electron chi connectivity index (χ2n) is 6.95. The number of hydrogen-bond donors (Lipinski definition) is 2. The third-order valence-electron chi connectivity index (χ3n) is 5.15. The van der Waals surface area contributed by atoms with Crippen molar-refractivity contribution in [1.29, 1.82) is 0 Å². The Balaban J connectivity index is 1.48. The number of nitrogens with zero attached hydrogens (tertiary/aromatic N) is 7. The summed E-state index contributed by atoms with van der Waals surface area (Å²) in [6.45, 7) is 3.82. The highest BCUT2D eigenvalue weighted by Crippen LogP contribution is 2.42. The minimum Gasteiger partial charge on any atom is -0.372 e. The molecule has 0 spiro atoms. The first-order valence-electron chi connectivity index (χ1n) is 9.07. The van der Waals surface area contributed by atoms with Crippen molar-refractivity contribution < 1.29 is 13.2 Å². The van der Waals surface area contributed by atoms with Crippen molar-refractivity contribution in [1.82, 2.24) is 34.5 Å². The van der Waals surface area contributed by atoms with E-state index in [2.05, 4.69) is 35.8 Å². The Morgan fingerprint density at radius 2 is 1.76 bits per heavy atom. The summed E-state index contributed by atoms with van der Waals surface area (Å²) in [5.41, 5.74) is 0.590. The molecular formula is C17H20F3N9. The lowest BCUT2D eigenvalue weighted by atomic mass is 9.86. The molecule has 0 atom stereocenters. The predicted molar refractivity (Wildman–Crippen MR) is 98.9 cm³/mol. The van der Waals surface area contributed by atoms with Gasteiger partial charge in [0.2, 0.25) is 5.95 Å². The normalized spacial score (nSPS) is 19.1. The zero-order valence-electron chi connectivity index (χ0n) is 16.1. The van der Waals surface area contributed by atoms with Crippen LogP contribution in [0.2, 0.25) is 0 Å². The quantitative estimate of drug-likeness (QED) is 0.670. The molecule has 0 aliphatic heterocycles. The van der Waals surface area contributed by atoms with Gasteiger partial charge in [-0.3, -0.25) is 4.68 Å². The van der Waals surface area contributed by atoms with Crippen LogP contribution in [0.15, 0.2) is 18.7 Å². The highest BCUT2D eigenvalue weighted by atomic mass is 19.4. The Hall–Kier alpha value is -3.18. The summed E-state index contributed by atoms with van der Waals surface area (Å²) < 4.78 is 42.8. The molecule has 0 unspecified atom stereocenters. The Bertz CT molecular complexity index is 1020. The van der Waals surface area contributed by atoms with Crippen molar-refractivity contribution >= 4 is 17.5 Å². The Labute approximate surface area is 164 Å². The Kier molecular flexibility index (Phi) is 4.63. The molecule has 0 bridgehead atoms. The number of halogens is 3. The molecule has 1 aliphatic rings. The maximum absolute atomic E-state index is 13.0. The van der Waals surface area contributed by atoms with Crippen molar-refractivity contribution in [3.05, 3.63) is 35.8 Å². The summed E-state index contributed by atoms with van der Waals surface area (Å²) in [5.74, 6) is 0.660. The van der Waals surface area contributed by atoms with Gasteiger partial charge in [-0.2, -0.15) is 28.4 Å². The molecule has 0 aromatic carbocycles. The van der Waals surface area contributed by atoms with Crippen molar-refractivity contribution in [2.24, 2.45) is 0 Å². The number of rotatable bonds is 5. The molecule has 29 heavy (non-hydrogen) atoms. The average molecular weight is 407 g/mol. The van der Waals surface area contributed by atoms with E-state index in [9.17, 15) is 13.2 Å². The maximum atomic E-state index is 13.0. The first kappa shape index (κ1) is 19.2. The molecule has 1 fully saturated rings. The van der Waals surface area contributed by atoms with Crippen molar-refractivity contribution in [3.63, 3.8) is 0 Å². The molecule has 0 saturated heterocycles. The van der Waals surface area contributed by atoms with Crippen LogP contribution in [-0.2, 0) is 6.18 Å². The fraction of sp³-hybridized carbons (Fsp3) is 0.471. The molecule has 3 aromatic rings. The topological polar surface area (TPSA) is 98.4 Å². The van der Waals surface area contributed by atoms with Gasteiger partial charge in [0.05, 0.1) is 29.7 Å². The molecule has 12 heteroatoms. The molecule has 4 rings (SSSR count). The summed E-state index contributed by atoms with van der Waals surface area (Å²) in [7, 11) is 1.38. The number of aromatic nitrogens is 7. The van der Waals surface area contributed by atoms with Gasteiger partial charge in [-0.15, -0.1) is 0 Å². The number of alkyl halides is 3. The van der Waals surface area contributed by atoms with Crippen LogP contribution in [0.4, 0.5) is 30.6 Å². The predicted octanol–water partition coefficient (Wildman–Crippen LogP) is 3.26. The minimum absolute atomic E-state index is 0.0646. The summed E-state index contributed by atoms with van der Waals surface area (Å²) in [6.07, 6.45) is 1.18. The van der Waals surface area contributed by atoms with Crippen LogP contribution in [0.1, 0.15) is 42.0 Å². The zero-order chi connectivity index (χ0) is 20.8. The van der Waals surface area contributed by atoms with Gasteiger partial charge in [0.15, 0.2) is 0 Å². The van der Waals surface area contributed by atoms with E-state index in [1.807, 2.05) is 23.2 Å². The third-order valence-corrected chi connectivity index (χ3v) is 5.15. The van der Waals surface area contributed by atoms with E-state index in [-0.39, 0.29) is 17.8 Å². The molecule has 2 N–H and O–H groups in total. The van der Waals surface area contributed by atoms with Crippen molar-refractivity contribution in [2.45, 2.75) is 44.9 Å². The highest BCUT2D eigenvalue weighted by Gasteiger charge is 2.36. The molecule has 3 aromatic heterocycles. The number of hydrogen-bond acceptors (Lipinski definition) is 7. The molecule has 154 valence electrons. The lowest BCUT2D eigenvalue weighted by Crippen LogP contribution is -2.31. The van der Waals surface area contributed by atoms with E-state index in [1.54, 1.807) is 12.5 Å². The smallest absolute Gasteiger partial charge is 0.372 e. The van der Waals surface area contributed by atoms with Crippen LogP contribution in [0, 0.1) is 13.8 Å². The molecule has 0 radical (unpaired) electrons. The summed E-state index contributed by atoms with van der Waals surface area (Å²) >= 11 is 0. The minimum atomic E-state index is -4.53. The number of nitrogens with one attached hydrogen (secondary N) is 2. The van der Waals surface area contributed by atoms with Gasteiger partial charge < -0.3 is 10.6 Å². The van der Waals surface area contributed by atoms with Crippen LogP contribution in [-0.4, -0.2) is 41.6 Å². The monoisotopic (exact) mass is 407 g/mol. The van der Waals surface area contributed by atoms with Gasteiger partial charge in [-0.25, -0.2) is 14.6 Å². The molecule has 1 saturated carbocycles. The molecule has 9 nitrogen and oxygen atoms in total. The van der Waals surface area contributed by atoms with E-state index in [0.717, 1.165) is 30.6 Å². The molecule has 3 heterocycles. The van der Waals surface area contributed by atoms with Gasteiger partial charge >= 0.3 is 6.18 Å². The number of anilines is 3. The van der Waals surface area contributed by atoms with Gasteiger partial charge in [-0.1, -0.05) is 0 Å². The van der Waals surface area contributed by atoms with Crippen molar-refractivity contribution in [2.75, 3.05) is 17.7 Å². The molecule has 0 amide bonds. The third kappa shape index (κ3) is 3.49. The maximum Gasteiger partial charge on any atom is 0.421 e. The van der Waals surface area contributed by atoms with Gasteiger partial charge in [-0.05, 0) is 26.7 Å². The van der Waals surface area contributed by atoms with Crippen LogP contribution in [0.5, 0.6) is 0 Å². The summed E-state index contributed by atoms with van der Waals surface area (Å²) in [5, 5.41) is 14.1. The second kappa shape index (κ2) is 7.01. The van der Waals surface area contributed by atoms with Crippen LogP contribution in [0.3, 0.4) is 0 Å². The van der Waals surface area contributed by atoms with E-state index in [0.29, 0.717) is 11.7 Å². The Morgan fingerprint density at radius 1 is 1.03 bits per heavy atom. The zero-order valence-corrected chi connectivity index (χ0v) is 16.1. The van der Waals surface area contributed by atoms with E-state index < -0.39 is 11.7 Å². The fourth-order valence-electron chi connectivity index (χ4n) is 3.50. The van der Waals surface area contributed by atoms with Crippen molar-refractivity contribution in [3.8, 4) is 0 Å². The van der Waals surface area contributed by atoms with Crippen LogP contribution < -0.4 is 10.6 Å². The van der Waals surface area contributed by atoms with Gasteiger partial charge in [0, 0.05) is 13.2 Å². The highest BCUT2D eigenvalue weighted by molar-refractivity contribution is 5.58. The summed E-state index contributed by atoms with van der Waals surface area (Å²) in [6, 6.07) is 0.513. The van der Waals surface area contributed by atoms with Crippen LogP contribution in [0.25, 0.3) is 0 Å². The number of aryl methyl sites for hydroxylation is 1. The first-order chi connectivity index (χ1) is 13.8. The standard InChI is InChI=1S/C17H20F3N9/c1-9-14(26-16-22-6-13(17(18,19)20)15(21-3)27-16)7-24-28(9)11-4-12(5-11)29-10(2)23-8-25-29/h6-8,11-12H,4-5H2,1-3H3,(H2,21,22,26,27)/t11-,12-. The lowest BCUT2D eigenvalue weighted by Gasteiger charge is -2.36.